The van der Waals surface area contributed by atoms with Crippen LogP contribution in [0.2, 0.25) is 0 Å². The molecular weight excluding hydrogens is 459 g/mol. The summed E-state index contributed by atoms with van der Waals surface area (Å²) in [5, 5.41) is 11.9. The molecule has 1 aromatic heterocycles. The number of benzene rings is 2. The molecule has 0 aliphatic rings. The third-order valence-electron chi connectivity index (χ3n) is 5.53. The normalized spacial score (nSPS) is 11.7. The number of aryl methyl sites for hydroxylation is 1. The molecule has 9 heteroatoms. The molecule has 3 rings (SSSR count). The van der Waals surface area contributed by atoms with Gasteiger partial charge in [-0.3, -0.25) is 4.79 Å². The van der Waals surface area contributed by atoms with Gasteiger partial charge in [0.2, 0.25) is 0 Å². The molecule has 35 heavy (non-hydrogen) atoms. The maximum atomic E-state index is 13.0. The number of nitrogens with zero attached hydrogens (tertiary/aromatic N) is 2. The Balaban J connectivity index is 1.97. The zero-order valence-corrected chi connectivity index (χ0v) is 19.4. The molecule has 180 valence electrons. The van der Waals surface area contributed by atoms with Gasteiger partial charge in [0.25, 0.3) is 5.91 Å². The van der Waals surface area contributed by atoms with E-state index in [-0.39, 0.29) is 11.3 Å². The number of rotatable bonds is 5. The van der Waals surface area contributed by atoms with Crippen LogP contribution in [0, 0.1) is 32.1 Å². The number of carbonyl (C=O) groups is 2. The van der Waals surface area contributed by atoms with Gasteiger partial charge in [0.15, 0.2) is 0 Å². The van der Waals surface area contributed by atoms with E-state index in [2.05, 4.69) is 5.32 Å². The molecule has 0 radical (unpaired) electrons. The van der Waals surface area contributed by atoms with Gasteiger partial charge in [-0.15, -0.1) is 0 Å². The predicted molar refractivity (Wildman–Crippen MR) is 125 cm³/mol. The molecule has 3 aromatic rings. The van der Waals surface area contributed by atoms with Gasteiger partial charge in [0.1, 0.15) is 11.6 Å². The summed E-state index contributed by atoms with van der Waals surface area (Å²) in [5.74, 6) is -1.30. The summed E-state index contributed by atoms with van der Waals surface area (Å²) < 4.78 is 45.6. The van der Waals surface area contributed by atoms with Crippen molar-refractivity contribution >= 4 is 23.6 Å². The molecule has 0 saturated carbocycles. The fourth-order valence-corrected chi connectivity index (χ4v) is 3.78. The maximum absolute atomic E-state index is 13.0. The number of alkyl halides is 3. The lowest BCUT2D eigenvalue weighted by Crippen LogP contribution is -2.14. The zero-order valence-electron chi connectivity index (χ0n) is 19.4. The number of anilines is 1. The molecule has 1 amide bonds. The molecular formula is C26H22F3N3O3. The van der Waals surface area contributed by atoms with E-state index in [4.69, 9.17) is 4.74 Å². The summed E-state index contributed by atoms with van der Waals surface area (Å²) in [6.45, 7) is 5.42. The van der Waals surface area contributed by atoms with Gasteiger partial charge < -0.3 is 14.6 Å². The molecule has 6 nitrogen and oxygen atoms in total. The van der Waals surface area contributed by atoms with Crippen LogP contribution in [0.4, 0.5) is 18.9 Å². The average Bonchev–Trinajstić information content (AvgIpc) is 3.09. The van der Waals surface area contributed by atoms with Gasteiger partial charge in [-0.2, -0.15) is 18.4 Å². The van der Waals surface area contributed by atoms with Crippen LogP contribution in [-0.2, 0) is 15.7 Å². The Morgan fingerprint density at radius 2 is 1.77 bits per heavy atom. The molecule has 0 spiro atoms. The molecule has 0 aliphatic carbocycles. The highest BCUT2D eigenvalue weighted by Crippen LogP contribution is 2.31. The molecule has 2 aromatic carbocycles. The first-order valence-corrected chi connectivity index (χ1v) is 10.5. The topological polar surface area (TPSA) is 84.1 Å². The summed E-state index contributed by atoms with van der Waals surface area (Å²) in [4.78, 5) is 24.7. The molecule has 0 unspecified atom stereocenters. The lowest BCUT2D eigenvalue weighted by atomic mass is 10.1. The van der Waals surface area contributed by atoms with Crippen molar-refractivity contribution in [3.63, 3.8) is 0 Å². The second kappa shape index (κ2) is 9.89. The summed E-state index contributed by atoms with van der Waals surface area (Å²) in [6, 6.07) is 13.0. The van der Waals surface area contributed by atoms with E-state index in [1.54, 1.807) is 32.0 Å². The minimum absolute atomic E-state index is 0.0771. The molecule has 0 fully saturated rings. The highest BCUT2D eigenvalue weighted by atomic mass is 19.4. The third-order valence-corrected chi connectivity index (χ3v) is 5.53. The monoisotopic (exact) mass is 481 g/mol. The molecule has 1 N–H and O–H groups in total. The Bertz CT molecular complexity index is 1380. The zero-order chi connectivity index (χ0) is 25.9. The number of nitriles is 1. The van der Waals surface area contributed by atoms with E-state index in [1.165, 1.54) is 25.3 Å². The second-order valence-corrected chi connectivity index (χ2v) is 7.81. The average molecular weight is 481 g/mol. The van der Waals surface area contributed by atoms with Crippen molar-refractivity contribution in [2.75, 3.05) is 12.4 Å². The number of carbonyl (C=O) groups excluding carboxylic acids is 2. The van der Waals surface area contributed by atoms with Crippen LogP contribution >= 0.6 is 0 Å². The number of methoxy groups -OCH3 is 1. The summed E-state index contributed by atoms with van der Waals surface area (Å²) >= 11 is 0. The summed E-state index contributed by atoms with van der Waals surface area (Å²) in [5.41, 5.74) is 2.63. The Morgan fingerprint density at radius 1 is 1.09 bits per heavy atom. The van der Waals surface area contributed by atoms with E-state index in [1.807, 2.05) is 23.6 Å². The molecule has 0 bridgehead atoms. The van der Waals surface area contributed by atoms with E-state index in [9.17, 15) is 28.0 Å². The van der Waals surface area contributed by atoms with Crippen LogP contribution in [0.3, 0.4) is 0 Å². The van der Waals surface area contributed by atoms with Crippen molar-refractivity contribution in [1.29, 1.82) is 5.26 Å². The smallest absolute Gasteiger partial charge is 0.416 e. The number of halogens is 3. The van der Waals surface area contributed by atoms with Crippen LogP contribution in [-0.4, -0.2) is 23.6 Å². The molecule has 0 saturated heterocycles. The van der Waals surface area contributed by atoms with Crippen LogP contribution < -0.4 is 5.32 Å². The van der Waals surface area contributed by atoms with Crippen molar-refractivity contribution in [3.05, 3.63) is 87.7 Å². The Kier molecular flexibility index (Phi) is 7.15. The van der Waals surface area contributed by atoms with Crippen LogP contribution in [0.15, 0.2) is 54.1 Å². The van der Waals surface area contributed by atoms with E-state index in [0.29, 0.717) is 22.4 Å². The highest BCUT2D eigenvalue weighted by Gasteiger charge is 2.30. The fraction of sp³-hybridized carbons (Fsp3) is 0.192. The van der Waals surface area contributed by atoms with Crippen molar-refractivity contribution in [1.82, 2.24) is 4.57 Å². The number of nitrogens with one attached hydrogen (secondary N) is 1. The van der Waals surface area contributed by atoms with Gasteiger partial charge in [0.05, 0.1) is 18.2 Å². The Morgan fingerprint density at radius 3 is 2.40 bits per heavy atom. The standard InChI is InChI=1S/C26H22F3N3O3/c1-15-11-18(17(3)32(15)23-10-6-9-22(16(23)2)25(34)35-4)12-19(14-30)24(33)31-21-8-5-7-20(13-21)26(27,28)29/h5-13H,1-4H3,(H,31,33)/b19-12-. The number of aromatic nitrogens is 1. The lowest BCUT2D eigenvalue weighted by molar-refractivity contribution is -0.137. The van der Waals surface area contributed by atoms with Gasteiger partial charge in [-0.25, -0.2) is 4.79 Å². The minimum atomic E-state index is -4.56. The fourth-order valence-electron chi connectivity index (χ4n) is 3.78. The minimum Gasteiger partial charge on any atom is -0.465 e. The predicted octanol–water partition coefficient (Wildman–Crippen LogP) is 5.75. The van der Waals surface area contributed by atoms with Gasteiger partial charge in [-0.05, 0) is 74.4 Å². The maximum Gasteiger partial charge on any atom is 0.416 e. The number of esters is 1. The van der Waals surface area contributed by atoms with E-state index in [0.717, 1.165) is 23.5 Å². The second-order valence-electron chi connectivity index (χ2n) is 7.81. The molecule has 0 aliphatic heterocycles. The lowest BCUT2D eigenvalue weighted by Gasteiger charge is -2.15. The first-order chi connectivity index (χ1) is 16.5. The molecule has 1 heterocycles. The van der Waals surface area contributed by atoms with Crippen molar-refractivity contribution in [3.8, 4) is 11.8 Å². The number of amides is 1. The van der Waals surface area contributed by atoms with Crippen LogP contribution in [0.25, 0.3) is 11.8 Å². The first-order valence-electron chi connectivity index (χ1n) is 10.5. The highest BCUT2D eigenvalue weighted by molar-refractivity contribution is 6.09. The molecule has 0 atom stereocenters. The van der Waals surface area contributed by atoms with Crippen molar-refractivity contribution in [2.45, 2.75) is 26.9 Å². The van der Waals surface area contributed by atoms with Gasteiger partial charge in [-0.1, -0.05) is 12.1 Å². The van der Waals surface area contributed by atoms with Crippen LogP contribution in [0.5, 0.6) is 0 Å². The van der Waals surface area contributed by atoms with Gasteiger partial charge >= 0.3 is 12.1 Å². The van der Waals surface area contributed by atoms with E-state index >= 15 is 0 Å². The third kappa shape index (κ3) is 5.27. The van der Waals surface area contributed by atoms with Gasteiger partial charge in [0, 0.05) is 22.8 Å². The largest absolute Gasteiger partial charge is 0.465 e. The van der Waals surface area contributed by atoms with Crippen molar-refractivity contribution in [2.24, 2.45) is 0 Å². The Labute approximate surface area is 200 Å². The first kappa shape index (κ1) is 25.3. The Hall–Kier alpha value is -4.32. The van der Waals surface area contributed by atoms with Crippen LogP contribution in [0.1, 0.15) is 38.4 Å². The van der Waals surface area contributed by atoms with E-state index < -0.39 is 23.6 Å². The number of ether oxygens (including phenoxy) is 1. The van der Waals surface area contributed by atoms with Crippen molar-refractivity contribution < 1.29 is 27.5 Å². The summed E-state index contributed by atoms with van der Waals surface area (Å²) in [7, 11) is 1.30. The number of hydrogen-bond acceptors (Lipinski definition) is 4. The summed E-state index contributed by atoms with van der Waals surface area (Å²) in [6.07, 6.45) is -3.18. The SMILES string of the molecule is COC(=O)c1cccc(-n2c(C)cc(/C=C(/C#N)C(=O)Nc3cccc(C(F)(F)F)c3)c2C)c1C. The quantitative estimate of drug-likeness (QED) is 0.286. The number of hydrogen-bond donors (Lipinski definition) is 1.